The summed E-state index contributed by atoms with van der Waals surface area (Å²) in [5.41, 5.74) is 3.19. The number of benzene rings is 2. The van der Waals surface area contributed by atoms with Crippen LogP contribution in [0.3, 0.4) is 0 Å². The Bertz CT molecular complexity index is 576. The molecule has 0 aliphatic heterocycles. The van der Waals surface area contributed by atoms with Gasteiger partial charge in [0, 0.05) is 17.8 Å². The highest BCUT2D eigenvalue weighted by Crippen LogP contribution is 2.30. The quantitative estimate of drug-likeness (QED) is 0.819. The lowest BCUT2D eigenvalue weighted by Crippen LogP contribution is -2.01. The van der Waals surface area contributed by atoms with Crippen LogP contribution in [0, 0.1) is 0 Å². The molecule has 3 nitrogen and oxygen atoms in total. The third-order valence-electron chi connectivity index (χ3n) is 3.44. The van der Waals surface area contributed by atoms with Crippen LogP contribution >= 0.6 is 0 Å². The van der Waals surface area contributed by atoms with Crippen molar-refractivity contribution in [3.8, 4) is 11.5 Å². The average Bonchev–Trinajstić information content (AvgIpc) is 2.49. The molecule has 0 spiro atoms. The number of hydrogen-bond acceptors (Lipinski definition) is 3. The minimum Gasteiger partial charge on any atom is -0.504 e. The summed E-state index contributed by atoms with van der Waals surface area (Å²) in [6.07, 6.45) is 0. The van der Waals surface area contributed by atoms with Crippen LogP contribution in [0.5, 0.6) is 11.5 Å². The molecular formula is C18H23NO2. The lowest BCUT2D eigenvalue weighted by atomic mass is 10.0. The van der Waals surface area contributed by atoms with E-state index in [9.17, 15) is 5.11 Å². The van der Waals surface area contributed by atoms with E-state index in [0.29, 0.717) is 24.8 Å². The number of ether oxygens (including phenoxy) is 1. The Kier molecular flexibility index (Phi) is 5.09. The highest BCUT2D eigenvalue weighted by Gasteiger charge is 2.07. The van der Waals surface area contributed by atoms with E-state index >= 15 is 0 Å². The molecule has 2 aromatic carbocycles. The van der Waals surface area contributed by atoms with E-state index in [1.165, 1.54) is 5.56 Å². The summed E-state index contributed by atoms with van der Waals surface area (Å²) >= 11 is 0. The molecule has 2 aromatic rings. The predicted molar refractivity (Wildman–Crippen MR) is 87.1 cm³/mol. The van der Waals surface area contributed by atoms with Gasteiger partial charge >= 0.3 is 0 Å². The molecule has 2 N–H and O–H groups in total. The summed E-state index contributed by atoms with van der Waals surface area (Å²) in [7, 11) is 0. The molecule has 0 saturated heterocycles. The van der Waals surface area contributed by atoms with Gasteiger partial charge in [-0.15, -0.1) is 0 Å². The summed E-state index contributed by atoms with van der Waals surface area (Å²) in [6.45, 7) is 7.37. The van der Waals surface area contributed by atoms with E-state index in [1.807, 2.05) is 19.1 Å². The molecule has 0 unspecified atom stereocenters. The maximum Gasteiger partial charge on any atom is 0.162 e. The lowest BCUT2D eigenvalue weighted by Gasteiger charge is -2.12. The van der Waals surface area contributed by atoms with E-state index in [1.54, 1.807) is 6.07 Å². The Morgan fingerprint density at radius 1 is 1.10 bits per heavy atom. The zero-order valence-electron chi connectivity index (χ0n) is 12.9. The topological polar surface area (TPSA) is 41.5 Å². The van der Waals surface area contributed by atoms with Gasteiger partial charge in [0.2, 0.25) is 0 Å². The van der Waals surface area contributed by atoms with Crippen molar-refractivity contribution in [2.24, 2.45) is 0 Å². The predicted octanol–water partition coefficient (Wildman–Crippen LogP) is 4.53. The van der Waals surface area contributed by atoms with Crippen molar-refractivity contribution in [1.29, 1.82) is 0 Å². The summed E-state index contributed by atoms with van der Waals surface area (Å²) in [6, 6.07) is 14.0. The second-order valence-corrected chi connectivity index (χ2v) is 5.33. The Hall–Kier alpha value is -2.16. The molecule has 0 aliphatic carbocycles. The van der Waals surface area contributed by atoms with Crippen molar-refractivity contribution >= 4 is 5.69 Å². The first-order chi connectivity index (χ1) is 10.1. The van der Waals surface area contributed by atoms with Crippen LogP contribution in [0.2, 0.25) is 0 Å². The van der Waals surface area contributed by atoms with Gasteiger partial charge in [-0.2, -0.15) is 0 Å². The first-order valence-corrected chi connectivity index (χ1v) is 7.39. The third-order valence-corrected chi connectivity index (χ3v) is 3.44. The zero-order valence-corrected chi connectivity index (χ0v) is 12.9. The first kappa shape index (κ1) is 15.2. The molecule has 0 fully saturated rings. The normalized spacial score (nSPS) is 10.7. The number of para-hydroxylation sites is 1. The minimum absolute atomic E-state index is 0.214. The number of nitrogens with one attached hydrogen (secondary N) is 1. The molecule has 112 valence electrons. The Morgan fingerprint density at radius 2 is 1.81 bits per heavy atom. The largest absolute Gasteiger partial charge is 0.504 e. The van der Waals surface area contributed by atoms with Gasteiger partial charge in [-0.05, 0) is 36.6 Å². The van der Waals surface area contributed by atoms with Gasteiger partial charge < -0.3 is 15.2 Å². The lowest BCUT2D eigenvalue weighted by molar-refractivity contribution is 0.317. The number of phenolic OH excluding ortho intramolecular Hbond substituents is 1. The number of phenols is 1. The molecule has 0 saturated carbocycles. The van der Waals surface area contributed by atoms with Gasteiger partial charge in [-0.25, -0.2) is 0 Å². The average molecular weight is 285 g/mol. The van der Waals surface area contributed by atoms with Crippen molar-refractivity contribution < 1.29 is 9.84 Å². The van der Waals surface area contributed by atoms with Gasteiger partial charge in [0.25, 0.3) is 0 Å². The zero-order chi connectivity index (χ0) is 15.2. The van der Waals surface area contributed by atoms with E-state index < -0.39 is 0 Å². The van der Waals surface area contributed by atoms with E-state index in [2.05, 4.69) is 43.4 Å². The van der Waals surface area contributed by atoms with Crippen LogP contribution in [0.1, 0.15) is 37.8 Å². The summed E-state index contributed by atoms with van der Waals surface area (Å²) in [5, 5.41) is 13.5. The molecule has 21 heavy (non-hydrogen) atoms. The van der Waals surface area contributed by atoms with Crippen molar-refractivity contribution in [3.63, 3.8) is 0 Å². The van der Waals surface area contributed by atoms with Crippen LogP contribution in [-0.2, 0) is 6.54 Å². The Labute approximate surface area is 126 Å². The van der Waals surface area contributed by atoms with E-state index in [0.717, 1.165) is 11.3 Å². The van der Waals surface area contributed by atoms with Crippen LogP contribution in [0.25, 0.3) is 0 Å². The molecule has 0 heterocycles. The van der Waals surface area contributed by atoms with Crippen LogP contribution < -0.4 is 10.1 Å². The fraction of sp³-hybridized carbons (Fsp3) is 0.333. The maximum atomic E-state index is 10.1. The molecule has 2 rings (SSSR count). The number of hydrogen-bond donors (Lipinski definition) is 2. The number of anilines is 1. The van der Waals surface area contributed by atoms with Crippen molar-refractivity contribution in [2.45, 2.75) is 33.2 Å². The summed E-state index contributed by atoms with van der Waals surface area (Å²) < 4.78 is 5.39. The molecule has 3 heteroatoms. The van der Waals surface area contributed by atoms with Crippen LogP contribution in [0.4, 0.5) is 5.69 Å². The maximum absolute atomic E-state index is 10.1. The highest BCUT2D eigenvalue weighted by atomic mass is 16.5. The second kappa shape index (κ2) is 7.02. The van der Waals surface area contributed by atoms with Gasteiger partial charge in [0.05, 0.1) is 6.61 Å². The van der Waals surface area contributed by atoms with Crippen LogP contribution in [-0.4, -0.2) is 11.7 Å². The Morgan fingerprint density at radius 3 is 2.43 bits per heavy atom. The Balaban J connectivity index is 2.04. The van der Waals surface area contributed by atoms with E-state index in [-0.39, 0.29) is 5.75 Å². The monoisotopic (exact) mass is 285 g/mol. The molecule has 0 aromatic heterocycles. The summed E-state index contributed by atoms with van der Waals surface area (Å²) in [4.78, 5) is 0. The SMILES string of the molecule is CCOc1cccc(CNc2ccc(C(C)C)cc2)c1O. The number of rotatable bonds is 6. The molecule has 0 atom stereocenters. The molecule has 0 radical (unpaired) electrons. The summed E-state index contributed by atoms with van der Waals surface area (Å²) in [5.74, 6) is 1.28. The first-order valence-electron chi connectivity index (χ1n) is 7.39. The molecule has 0 amide bonds. The third kappa shape index (κ3) is 3.91. The van der Waals surface area contributed by atoms with Gasteiger partial charge in [-0.1, -0.05) is 38.1 Å². The van der Waals surface area contributed by atoms with Crippen LogP contribution in [0.15, 0.2) is 42.5 Å². The van der Waals surface area contributed by atoms with Crippen molar-refractivity contribution in [3.05, 3.63) is 53.6 Å². The highest BCUT2D eigenvalue weighted by molar-refractivity contribution is 5.50. The molecule has 0 bridgehead atoms. The molecular weight excluding hydrogens is 262 g/mol. The number of aromatic hydroxyl groups is 1. The smallest absolute Gasteiger partial charge is 0.162 e. The van der Waals surface area contributed by atoms with Crippen molar-refractivity contribution in [2.75, 3.05) is 11.9 Å². The molecule has 0 aliphatic rings. The fourth-order valence-corrected chi connectivity index (χ4v) is 2.17. The fourth-order valence-electron chi connectivity index (χ4n) is 2.17. The van der Waals surface area contributed by atoms with Gasteiger partial charge in [-0.3, -0.25) is 0 Å². The van der Waals surface area contributed by atoms with Gasteiger partial charge in [0.15, 0.2) is 11.5 Å². The van der Waals surface area contributed by atoms with Gasteiger partial charge in [0.1, 0.15) is 0 Å². The minimum atomic E-state index is 0.214. The second-order valence-electron chi connectivity index (χ2n) is 5.33. The van der Waals surface area contributed by atoms with Crippen molar-refractivity contribution in [1.82, 2.24) is 0 Å². The van der Waals surface area contributed by atoms with E-state index in [4.69, 9.17) is 4.74 Å². The standard InChI is InChI=1S/C18H23NO2/c1-4-21-17-7-5-6-15(18(17)20)12-19-16-10-8-14(9-11-16)13(2)3/h5-11,13,19-20H,4,12H2,1-3H3.